The Hall–Kier alpha value is -1.17. The number of carbonyl (C=O) groups excluding carboxylic acids is 1. The average molecular weight is 316 g/mol. The van der Waals surface area contributed by atoms with Gasteiger partial charge in [0.2, 0.25) is 0 Å². The van der Waals surface area contributed by atoms with Crippen molar-refractivity contribution in [3.63, 3.8) is 0 Å². The summed E-state index contributed by atoms with van der Waals surface area (Å²) in [6, 6.07) is 3.95. The highest BCUT2D eigenvalue weighted by atomic mass is 35.5. The van der Waals surface area contributed by atoms with Crippen LogP contribution < -0.4 is 10.2 Å². The maximum atomic E-state index is 13.7. The van der Waals surface area contributed by atoms with Crippen LogP contribution in [0.2, 0.25) is 5.02 Å². The molecule has 1 aromatic carbocycles. The molecule has 3 atom stereocenters. The number of hydrogen-bond acceptors (Lipinski definition) is 2. The molecule has 2 rings (SSSR count). The molecule has 0 radical (unpaired) electrons. The molecule has 4 nitrogen and oxygen atoms in total. The van der Waals surface area contributed by atoms with Crippen LogP contribution in [0.3, 0.4) is 0 Å². The molecule has 6 heteroatoms. The third-order valence-electron chi connectivity index (χ3n) is 3.76. The number of quaternary nitrogens is 1. The first-order chi connectivity index (χ1) is 9.86. The molecular weight excluding hydrogens is 295 g/mol. The van der Waals surface area contributed by atoms with Gasteiger partial charge in [0.15, 0.2) is 6.04 Å². The molecule has 0 spiro atoms. The first-order valence-electron chi connectivity index (χ1n) is 7.12. The summed E-state index contributed by atoms with van der Waals surface area (Å²) < 4.78 is 19.4. The molecular formula is C15H21ClFN2O2+. The quantitative estimate of drug-likeness (QED) is 0.887. The Kier molecular flexibility index (Phi) is 5.19. The number of ether oxygens (including phenoxy) is 1. The fourth-order valence-corrected chi connectivity index (χ4v) is 2.84. The van der Waals surface area contributed by atoms with Gasteiger partial charge in [-0.25, -0.2) is 4.39 Å². The van der Waals surface area contributed by atoms with Crippen LogP contribution in [-0.2, 0) is 9.53 Å². The Morgan fingerprint density at radius 2 is 2.05 bits per heavy atom. The molecule has 2 N–H and O–H groups in total. The Labute approximate surface area is 129 Å². The summed E-state index contributed by atoms with van der Waals surface area (Å²) in [6.45, 7) is 7.38. The summed E-state index contributed by atoms with van der Waals surface area (Å²) in [4.78, 5) is 13.4. The second kappa shape index (κ2) is 6.73. The minimum absolute atomic E-state index is 0.117. The smallest absolute Gasteiger partial charge is 0.282 e. The van der Waals surface area contributed by atoms with Crippen molar-refractivity contribution in [3.05, 3.63) is 29.0 Å². The van der Waals surface area contributed by atoms with E-state index < -0.39 is 5.82 Å². The predicted octanol–water partition coefficient (Wildman–Crippen LogP) is 1.50. The average Bonchev–Trinajstić information content (AvgIpc) is 2.40. The zero-order valence-electron chi connectivity index (χ0n) is 12.5. The molecule has 0 bridgehead atoms. The van der Waals surface area contributed by atoms with E-state index in [1.807, 2.05) is 20.8 Å². The Morgan fingerprint density at radius 3 is 2.62 bits per heavy atom. The number of rotatable bonds is 3. The molecule has 1 aliphatic heterocycles. The van der Waals surface area contributed by atoms with Gasteiger partial charge in [-0.2, -0.15) is 0 Å². The highest BCUT2D eigenvalue weighted by molar-refractivity contribution is 6.30. The topological polar surface area (TPSA) is 42.8 Å². The van der Waals surface area contributed by atoms with Crippen molar-refractivity contribution in [3.8, 4) is 0 Å². The molecule has 21 heavy (non-hydrogen) atoms. The second-order valence-corrected chi connectivity index (χ2v) is 6.10. The number of nitrogens with one attached hydrogen (secondary N) is 2. The third-order valence-corrected chi connectivity index (χ3v) is 3.99. The van der Waals surface area contributed by atoms with Gasteiger partial charge < -0.3 is 15.0 Å². The van der Waals surface area contributed by atoms with Gasteiger partial charge in [-0.1, -0.05) is 11.6 Å². The zero-order valence-corrected chi connectivity index (χ0v) is 13.2. The summed E-state index contributed by atoms with van der Waals surface area (Å²) in [5.41, 5.74) is 0.157. The molecule has 0 unspecified atom stereocenters. The fraction of sp³-hybridized carbons (Fsp3) is 0.533. The van der Waals surface area contributed by atoms with Crippen LogP contribution in [0.1, 0.15) is 20.8 Å². The largest absolute Gasteiger partial charge is 0.364 e. The number of carbonyl (C=O) groups is 1. The van der Waals surface area contributed by atoms with Crippen LogP contribution in [0.5, 0.6) is 0 Å². The van der Waals surface area contributed by atoms with Gasteiger partial charge in [0.25, 0.3) is 5.91 Å². The third kappa shape index (κ3) is 4.15. The first kappa shape index (κ1) is 16.2. The van der Waals surface area contributed by atoms with E-state index >= 15 is 0 Å². The predicted molar refractivity (Wildman–Crippen MR) is 80.2 cm³/mol. The molecule has 0 saturated carbocycles. The van der Waals surface area contributed by atoms with Crippen LogP contribution in [0.4, 0.5) is 10.1 Å². The molecule has 116 valence electrons. The molecule has 0 aromatic heterocycles. The van der Waals surface area contributed by atoms with Gasteiger partial charge in [-0.15, -0.1) is 0 Å². The zero-order chi connectivity index (χ0) is 15.6. The maximum absolute atomic E-state index is 13.7. The number of hydrogen-bond donors (Lipinski definition) is 2. The summed E-state index contributed by atoms with van der Waals surface area (Å²) in [7, 11) is 0. The number of morpholine rings is 1. The summed E-state index contributed by atoms with van der Waals surface area (Å²) in [5.74, 6) is -0.728. The molecule has 1 aromatic rings. The van der Waals surface area contributed by atoms with Crippen molar-refractivity contribution in [2.75, 3.05) is 18.4 Å². The van der Waals surface area contributed by atoms with Gasteiger partial charge in [0.1, 0.15) is 31.1 Å². The number of benzene rings is 1. The highest BCUT2D eigenvalue weighted by Gasteiger charge is 2.33. The molecule has 1 saturated heterocycles. The van der Waals surface area contributed by atoms with Crippen molar-refractivity contribution in [1.29, 1.82) is 0 Å². The number of amides is 1. The fourth-order valence-electron chi connectivity index (χ4n) is 2.69. The minimum Gasteiger partial charge on any atom is -0.364 e. The Bertz CT molecular complexity index is 516. The van der Waals surface area contributed by atoms with Crippen molar-refractivity contribution >= 4 is 23.2 Å². The summed E-state index contributed by atoms with van der Waals surface area (Å²) in [5, 5.41) is 2.94. The SMILES string of the molecule is C[C@@H]1C[NH+]([C@@H](C)C(=O)Nc2ccc(Cl)cc2F)C[C@@H](C)O1. The van der Waals surface area contributed by atoms with Crippen LogP contribution in [-0.4, -0.2) is 37.2 Å². The van der Waals surface area contributed by atoms with Crippen LogP contribution in [0.25, 0.3) is 0 Å². The lowest BCUT2D eigenvalue weighted by molar-refractivity contribution is -0.928. The van der Waals surface area contributed by atoms with E-state index in [1.54, 1.807) is 6.07 Å². The van der Waals surface area contributed by atoms with E-state index in [0.29, 0.717) is 5.02 Å². The van der Waals surface area contributed by atoms with Crippen LogP contribution in [0, 0.1) is 5.82 Å². The number of anilines is 1. The van der Waals surface area contributed by atoms with Crippen molar-refractivity contribution in [2.45, 2.75) is 39.0 Å². The van der Waals surface area contributed by atoms with Gasteiger partial charge in [0, 0.05) is 5.02 Å². The molecule has 1 fully saturated rings. The van der Waals surface area contributed by atoms with Gasteiger partial charge in [-0.3, -0.25) is 4.79 Å². The van der Waals surface area contributed by atoms with E-state index in [9.17, 15) is 9.18 Å². The standard InChI is InChI=1S/C15H20ClFN2O2/c1-9-7-19(8-10(2)21-9)11(3)15(20)18-14-5-4-12(16)6-13(14)17/h4-6,9-11H,7-8H2,1-3H3,(H,18,20)/p+1/t9-,10-,11+/m1/s1. The first-order valence-corrected chi connectivity index (χ1v) is 7.50. The molecule has 1 heterocycles. The lowest BCUT2D eigenvalue weighted by Crippen LogP contribution is -3.19. The highest BCUT2D eigenvalue weighted by Crippen LogP contribution is 2.18. The number of halogens is 2. The van der Waals surface area contributed by atoms with E-state index in [1.165, 1.54) is 12.1 Å². The van der Waals surface area contributed by atoms with Crippen LogP contribution in [0.15, 0.2) is 18.2 Å². The van der Waals surface area contributed by atoms with E-state index in [0.717, 1.165) is 18.0 Å². The van der Waals surface area contributed by atoms with Crippen molar-refractivity contribution < 1.29 is 18.8 Å². The summed E-state index contributed by atoms with van der Waals surface area (Å²) in [6.07, 6.45) is 0.234. The lowest BCUT2D eigenvalue weighted by Gasteiger charge is -2.35. The second-order valence-electron chi connectivity index (χ2n) is 5.66. The monoisotopic (exact) mass is 315 g/mol. The molecule has 1 amide bonds. The maximum Gasteiger partial charge on any atom is 0.282 e. The van der Waals surface area contributed by atoms with E-state index in [-0.39, 0.29) is 29.8 Å². The van der Waals surface area contributed by atoms with Crippen molar-refractivity contribution in [2.24, 2.45) is 0 Å². The Morgan fingerprint density at radius 1 is 1.43 bits per heavy atom. The van der Waals surface area contributed by atoms with E-state index in [4.69, 9.17) is 16.3 Å². The van der Waals surface area contributed by atoms with Gasteiger partial charge in [0.05, 0.1) is 5.69 Å². The van der Waals surface area contributed by atoms with Crippen LogP contribution >= 0.6 is 11.6 Å². The lowest BCUT2D eigenvalue weighted by atomic mass is 10.1. The van der Waals surface area contributed by atoms with Gasteiger partial charge >= 0.3 is 0 Å². The molecule has 1 aliphatic rings. The molecule has 0 aliphatic carbocycles. The summed E-state index contributed by atoms with van der Waals surface area (Å²) >= 11 is 5.70. The van der Waals surface area contributed by atoms with Gasteiger partial charge in [-0.05, 0) is 39.0 Å². The normalized spacial score (nSPS) is 27.2. The van der Waals surface area contributed by atoms with Crippen molar-refractivity contribution in [1.82, 2.24) is 0 Å². The van der Waals surface area contributed by atoms with E-state index in [2.05, 4.69) is 5.32 Å². The Balaban J connectivity index is 2.02. The minimum atomic E-state index is -0.526.